The van der Waals surface area contributed by atoms with Gasteiger partial charge in [0.25, 0.3) is 0 Å². The molecule has 0 aliphatic heterocycles. The maximum Gasteiger partial charge on any atom is 0.196 e. The molecule has 3 nitrogen and oxygen atoms in total. The summed E-state index contributed by atoms with van der Waals surface area (Å²) in [5, 5.41) is 3.36. The zero-order chi connectivity index (χ0) is 13.0. The fourth-order valence-electron chi connectivity index (χ4n) is 1.52. The summed E-state index contributed by atoms with van der Waals surface area (Å²) < 4.78 is 0. The number of rotatable bonds is 4. The molecular weight excluding hydrogens is 268 g/mol. The van der Waals surface area contributed by atoms with Crippen LogP contribution in [0.1, 0.15) is 15.9 Å². The van der Waals surface area contributed by atoms with Crippen molar-refractivity contribution in [2.24, 2.45) is 0 Å². The van der Waals surface area contributed by atoms with Crippen molar-refractivity contribution in [2.75, 3.05) is 5.32 Å². The van der Waals surface area contributed by atoms with Crippen molar-refractivity contribution in [3.05, 3.63) is 58.7 Å². The average molecular weight is 277 g/mol. The van der Waals surface area contributed by atoms with Gasteiger partial charge in [0.2, 0.25) is 0 Å². The summed E-state index contributed by atoms with van der Waals surface area (Å²) in [7, 11) is 0. The number of hydrogen-bond donors (Lipinski definition) is 1. The van der Waals surface area contributed by atoms with Crippen LogP contribution in [0.5, 0.6) is 0 Å². The molecule has 0 bridgehead atoms. The van der Waals surface area contributed by atoms with Crippen LogP contribution in [0.3, 0.4) is 0 Å². The summed E-state index contributed by atoms with van der Waals surface area (Å²) in [6.45, 7) is 0. The van der Waals surface area contributed by atoms with Crippen LogP contribution >= 0.6 is 23.8 Å². The van der Waals surface area contributed by atoms with Crippen molar-refractivity contribution in [3.63, 3.8) is 0 Å². The summed E-state index contributed by atoms with van der Waals surface area (Å²) in [5.74, 6) is 0.326. The Bertz CT molecular complexity index is 584. The first-order valence-corrected chi connectivity index (χ1v) is 6.03. The van der Waals surface area contributed by atoms with Crippen molar-refractivity contribution >= 4 is 40.9 Å². The Labute approximate surface area is 115 Å². The van der Waals surface area contributed by atoms with Gasteiger partial charge in [0, 0.05) is 16.8 Å². The van der Waals surface area contributed by atoms with Gasteiger partial charge in [0.15, 0.2) is 5.78 Å². The van der Waals surface area contributed by atoms with Gasteiger partial charge in [0.1, 0.15) is 5.82 Å². The molecule has 0 radical (unpaired) electrons. The molecule has 0 spiro atoms. The Hall–Kier alpha value is -1.78. The van der Waals surface area contributed by atoms with Gasteiger partial charge in [-0.1, -0.05) is 23.8 Å². The second-order valence-corrected chi connectivity index (χ2v) is 4.17. The summed E-state index contributed by atoms with van der Waals surface area (Å²) >= 11 is 10.5. The second kappa shape index (κ2) is 5.71. The van der Waals surface area contributed by atoms with E-state index in [2.05, 4.69) is 10.3 Å². The summed E-state index contributed by atoms with van der Waals surface area (Å²) in [6.07, 6.45) is 1.60. The number of thiocarbonyl (C=S) groups is 1. The molecule has 0 atom stereocenters. The van der Waals surface area contributed by atoms with E-state index in [1.54, 1.807) is 42.6 Å². The van der Waals surface area contributed by atoms with Crippen LogP contribution in [0, 0.1) is 0 Å². The minimum absolute atomic E-state index is 0.126. The highest BCUT2D eigenvalue weighted by Crippen LogP contribution is 2.18. The molecule has 0 saturated heterocycles. The van der Waals surface area contributed by atoms with Gasteiger partial charge in [0.05, 0.1) is 11.1 Å². The highest BCUT2D eigenvalue weighted by atomic mass is 35.5. The molecule has 90 valence electrons. The number of pyridine rings is 1. The van der Waals surface area contributed by atoms with E-state index in [0.29, 0.717) is 22.0 Å². The zero-order valence-electron chi connectivity index (χ0n) is 9.26. The van der Waals surface area contributed by atoms with Gasteiger partial charge in [-0.25, -0.2) is 4.98 Å². The Balaban J connectivity index is 2.39. The minimum Gasteiger partial charge on any atom is -0.337 e. The number of ketones is 1. The normalized spacial score (nSPS) is 9.83. The van der Waals surface area contributed by atoms with Crippen LogP contribution in [-0.2, 0) is 0 Å². The first-order chi connectivity index (χ1) is 8.72. The number of nitrogens with one attached hydrogen (secondary N) is 1. The molecule has 0 saturated carbocycles. The molecule has 1 N–H and O–H groups in total. The van der Waals surface area contributed by atoms with Gasteiger partial charge in [-0.2, -0.15) is 0 Å². The standard InChI is InChI=1S/C13H9ClN2OS/c14-10-5-3-9(4-6-10)12(17)11-2-1-7-15-13(11)16-8-18/h1-8H,(H,15,16,18). The van der Waals surface area contributed by atoms with Gasteiger partial charge in [-0.05, 0) is 36.4 Å². The van der Waals surface area contributed by atoms with Gasteiger partial charge < -0.3 is 5.32 Å². The van der Waals surface area contributed by atoms with Crippen molar-refractivity contribution in [1.82, 2.24) is 4.98 Å². The smallest absolute Gasteiger partial charge is 0.196 e. The highest BCUT2D eigenvalue weighted by molar-refractivity contribution is 7.79. The van der Waals surface area contributed by atoms with E-state index in [1.807, 2.05) is 0 Å². The largest absolute Gasteiger partial charge is 0.337 e. The van der Waals surface area contributed by atoms with Crippen molar-refractivity contribution in [1.29, 1.82) is 0 Å². The minimum atomic E-state index is -0.126. The fraction of sp³-hybridized carbons (Fsp3) is 0. The third-order valence-corrected chi connectivity index (χ3v) is 2.72. The van der Waals surface area contributed by atoms with Crippen molar-refractivity contribution in [3.8, 4) is 0 Å². The monoisotopic (exact) mass is 276 g/mol. The van der Waals surface area contributed by atoms with E-state index >= 15 is 0 Å². The van der Waals surface area contributed by atoms with E-state index < -0.39 is 0 Å². The lowest BCUT2D eigenvalue weighted by Crippen LogP contribution is -2.07. The first-order valence-electron chi connectivity index (χ1n) is 5.18. The molecule has 0 unspecified atom stereocenters. The molecule has 1 heterocycles. The molecular formula is C13H9ClN2OS. The Morgan fingerprint density at radius 2 is 2.00 bits per heavy atom. The summed E-state index contributed by atoms with van der Waals surface area (Å²) in [4.78, 5) is 16.4. The second-order valence-electron chi connectivity index (χ2n) is 3.50. The predicted molar refractivity (Wildman–Crippen MR) is 76.4 cm³/mol. The lowest BCUT2D eigenvalue weighted by atomic mass is 10.0. The fourth-order valence-corrected chi connectivity index (χ4v) is 1.75. The van der Waals surface area contributed by atoms with E-state index in [9.17, 15) is 4.79 Å². The van der Waals surface area contributed by atoms with Gasteiger partial charge in [-0.3, -0.25) is 4.79 Å². The summed E-state index contributed by atoms with van der Waals surface area (Å²) in [5.41, 5.74) is 2.35. The Morgan fingerprint density at radius 1 is 1.28 bits per heavy atom. The number of nitrogens with zero attached hydrogens (tertiary/aromatic N) is 1. The molecule has 2 aromatic rings. The van der Waals surface area contributed by atoms with E-state index in [1.165, 1.54) is 5.49 Å². The Morgan fingerprint density at radius 3 is 2.67 bits per heavy atom. The molecule has 2 rings (SSSR count). The summed E-state index contributed by atoms with van der Waals surface area (Å²) in [6, 6.07) is 10.1. The quantitative estimate of drug-likeness (QED) is 0.687. The number of hydrogen-bond acceptors (Lipinski definition) is 3. The predicted octanol–water partition coefficient (Wildman–Crippen LogP) is 3.34. The van der Waals surface area contributed by atoms with Gasteiger partial charge >= 0.3 is 0 Å². The topological polar surface area (TPSA) is 42.0 Å². The van der Waals surface area contributed by atoms with Crippen LogP contribution < -0.4 is 5.32 Å². The van der Waals surface area contributed by atoms with Crippen LogP contribution in [0.15, 0.2) is 42.6 Å². The molecule has 1 aromatic carbocycles. The number of halogens is 1. The molecule has 5 heteroatoms. The zero-order valence-corrected chi connectivity index (χ0v) is 10.8. The SMILES string of the molecule is O=C(c1ccc(Cl)cc1)c1cccnc1NC=S. The molecule has 1 aromatic heterocycles. The lowest BCUT2D eigenvalue weighted by molar-refractivity contribution is 0.103. The van der Waals surface area contributed by atoms with Crippen molar-refractivity contribution in [2.45, 2.75) is 0 Å². The van der Waals surface area contributed by atoms with Crippen LogP contribution in [0.2, 0.25) is 5.02 Å². The van der Waals surface area contributed by atoms with Crippen molar-refractivity contribution < 1.29 is 4.79 Å². The number of benzene rings is 1. The van der Waals surface area contributed by atoms with E-state index in [-0.39, 0.29) is 5.78 Å². The maximum atomic E-state index is 12.3. The van der Waals surface area contributed by atoms with E-state index in [4.69, 9.17) is 23.8 Å². The number of carbonyl (C=O) groups is 1. The van der Waals surface area contributed by atoms with Crippen LogP contribution in [0.25, 0.3) is 0 Å². The molecule has 0 fully saturated rings. The maximum absolute atomic E-state index is 12.3. The first kappa shape index (κ1) is 12.7. The molecule has 18 heavy (non-hydrogen) atoms. The molecule has 0 amide bonds. The van der Waals surface area contributed by atoms with Crippen LogP contribution in [-0.4, -0.2) is 16.3 Å². The lowest BCUT2D eigenvalue weighted by Gasteiger charge is -2.06. The average Bonchev–Trinajstić information content (AvgIpc) is 2.40. The molecule has 0 aliphatic carbocycles. The highest BCUT2D eigenvalue weighted by Gasteiger charge is 2.13. The van der Waals surface area contributed by atoms with Gasteiger partial charge in [-0.15, -0.1) is 0 Å². The number of anilines is 1. The number of aromatic nitrogens is 1. The number of carbonyl (C=O) groups excluding carboxylic acids is 1. The van der Waals surface area contributed by atoms with Crippen LogP contribution in [0.4, 0.5) is 5.82 Å². The third-order valence-electron chi connectivity index (χ3n) is 2.35. The third kappa shape index (κ3) is 2.72. The molecule has 0 aliphatic rings. The Kier molecular flexibility index (Phi) is 4.02. The van der Waals surface area contributed by atoms with E-state index in [0.717, 1.165) is 0 Å².